The summed E-state index contributed by atoms with van der Waals surface area (Å²) >= 11 is 0. The number of hydrogen-bond acceptors (Lipinski definition) is 10. The number of fused-ring (bicyclic) bond motifs is 2. The second-order valence-corrected chi connectivity index (χ2v) is 15.9. The van der Waals surface area contributed by atoms with Crippen molar-refractivity contribution in [3.8, 4) is 0 Å². The molecule has 12 atom stereocenters. The molecule has 1 amide bonds. The summed E-state index contributed by atoms with van der Waals surface area (Å²) in [5.41, 5.74) is -2.34. The largest absolute Gasteiger partial charge is 0.454 e. The standard InChI is InChI=1S/C40H51N3O8/c1-6-43-22-37(51-36(45)27-12-7-8-13-29(27)42-33(44)15-14-25-11-9-10-23(2)41-25)17-16-32(49-4)39-30(37)20-28(34(39)43)38(46)21-26(48-3)18-24-19-31(39)40(38,47)35(24)50-5/h7-15,24,26,28,30-32,34-35,46-47H,6,16-22H2,1-5H3,(H,42,44)/b15-14+/t24-,26+,28+,30+,31-,32-,34?,35-,37+,38-,39-,40-/m0/s1. The van der Waals surface area contributed by atoms with Crippen molar-refractivity contribution in [3.05, 3.63) is 65.5 Å². The van der Waals surface area contributed by atoms with E-state index in [-0.39, 0.29) is 53.4 Å². The molecule has 2 heterocycles. The highest BCUT2D eigenvalue weighted by Gasteiger charge is 2.88. The number of methoxy groups -OCH3 is 3. The number of carbonyl (C=O) groups excluding carboxylic acids is 2. The van der Waals surface area contributed by atoms with Crippen LogP contribution in [0.4, 0.5) is 5.69 Å². The van der Waals surface area contributed by atoms with Crippen molar-refractivity contribution in [1.82, 2.24) is 9.88 Å². The Balaban J connectivity index is 1.16. The van der Waals surface area contributed by atoms with Gasteiger partial charge in [-0.15, -0.1) is 0 Å². The predicted molar refractivity (Wildman–Crippen MR) is 189 cm³/mol. The molecule has 5 saturated carbocycles. The molecule has 7 bridgehead atoms. The van der Waals surface area contributed by atoms with Crippen LogP contribution in [-0.4, -0.2) is 108 Å². The maximum atomic E-state index is 14.5. The zero-order valence-corrected chi connectivity index (χ0v) is 30.2. The molecular formula is C40H51N3O8. The zero-order chi connectivity index (χ0) is 35.9. The minimum Gasteiger partial charge on any atom is -0.454 e. The first-order valence-corrected chi connectivity index (χ1v) is 18.5. The highest BCUT2D eigenvalue weighted by atomic mass is 16.6. The molecule has 1 spiro atoms. The average molecular weight is 702 g/mol. The second-order valence-electron chi connectivity index (χ2n) is 15.9. The molecule has 51 heavy (non-hydrogen) atoms. The lowest BCUT2D eigenvalue weighted by Gasteiger charge is -2.70. The molecule has 11 nitrogen and oxygen atoms in total. The van der Waals surface area contributed by atoms with Crippen LogP contribution in [0.15, 0.2) is 48.5 Å². The number of anilines is 1. The lowest BCUT2D eigenvalue weighted by Crippen LogP contribution is -2.82. The average Bonchev–Trinajstić information content (AvgIpc) is 3.52. The molecule has 6 aliphatic rings. The van der Waals surface area contributed by atoms with Gasteiger partial charge in [0.25, 0.3) is 0 Å². The van der Waals surface area contributed by atoms with Crippen LogP contribution in [0.3, 0.4) is 0 Å². The number of ether oxygens (including phenoxy) is 4. The number of esters is 1. The van der Waals surface area contributed by atoms with Gasteiger partial charge in [-0.1, -0.05) is 25.1 Å². The van der Waals surface area contributed by atoms with Crippen LogP contribution >= 0.6 is 0 Å². The number of nitrogens with zero attached hydrogens (tertiary/aromatic N) is 2. The molecule has 1 unspecified atom stereocenters. The smallest absolute Gasteiger partial charge is 0.340 e. The Hall–Kier alpha value is -3.19. The number of amides is 1. The molecule has 5 aliphatic carbocycles. The molecule has 0 radical (unpaired) electrons. The van der Waals surface area contributed by atoms with E-state index in [9.17, 15) is 19.8 Å². The fourth-order valence-corrected chi connectivity index (χ4v) is 12.6. The van der Waals surface area contributed by atoms with E-state index in [1.54, 1.807) is 51.7 Å². The lowest BCUT2D eigenvalue weighted by atomic mass is 9.43. The highest BCUT2D eigenvalue weighted by molar-refractivity contribution is 6.06. The van der Waals surface area contributed by atoms with Gasteiger partial charge in [0, 0.05) is 75.3 Å². The number of aryl methyl sites for hydroxylation is 1. The van der Waals surface area contributed by atoms with Crippen LogP contribution in [0.2, 0.25) is 0 Å². The number of rotatable bonds is 9. The summed E-state index contributed by atoms with van der Waals surface area (Å²) in [6, 6.07) is 12.4. The fourth-order valence-electron chi connectivity index (χ4n) is 12.6. The van der Waals surface area contributed by atoms with E-state index in [1.165, 1.54) is 6.08 Å². The van der Waals surface area contributed by atoms with E-state index in [0.29, 0.717) is 63.0 Å². The van der Waals surface area contributed by atoms with E-state index >= 15 is 0 Å². The molecule has 6 fully saturated rings. The maximum Gasteiger partial charge on any atom is 0.340 e. The van der Waals surface area contributed by atoms with Crippen molar-refractivity contribution in [2.75, 3.05) is 39.7 Å². The quantitative estimate of drug-likeness (QED) is 0.260. The Labute approximate surface area is 299 Å². The fraction of sp³-hybridized carbons (Fsp3) is 0.625. The van der Waals surface area contributed by atoms with E-state index in [0.717, 1.165) is 5.69 Å². The Morgan fingerprint density at radius 1 is 1.02 bits per heavy atom. The van der Waals surface area contributed by atoms with Crippen molar-refractivity contribution >= 4 is 23.6 Å². The third-order valence-electron chi connectivity index (χ3n) is 14.1. The van der Waals surface area contributed by atoms with Gasteiger partial charge in [0.15, 0.2) is 0 Å². The lowest BCUT2D eigenvalue weighted by molar-refractivity contribution is -0.328. The number of para-hydroxylation sites is 1. The van der Waals surface area contributed by atoms with Crippen molar-refractivity contribution in [1.29, 1.82) is 0 Å². The number of aromatic nitrogens is 1. The van der Waals surface area contributed by atoms with Crippen molar-refractivity contribution in [2.24, 2.45) is 29.1 Å². The number of carbonyl (C=O) groups is 2. The number of pyridine rings is 1. The van der Waals surface area contributed by atoms with Gasteiger partial charge in [0.05, 0.1) is 35.3 Å². The number of likely N-dealkylation sites (tertiary alicyclic amines) is 1. The van der Waals surface area contributed by atoms with Crippen LogP contribution in [0.25, 0.3) is 6.08 Å². The summed E-state index contributed by atoms with van der Waals surface area (Å²) in [5, 5.41) is 29.2. The minimum absolute atomic E-state index is 0.00359. The molecule has 1 aliphatic heterocycles. The normalized spacial score (nSPS) is 42.1. The summed E-state index contributed by atoms with van der Waals surface area (Å²) in [4.78, 5) is 34.4. The van der Waals surface area contributed by atoms with Crippen LogP contribution < -0.4 is 5.32 Å². The van der Waals surface area contributed by atoms with E-state index in [2.05, 4.69) is 22.1 Å². The van der Waals surface area contributed by atoms with Crippen LogP contribution in [0.5, 0.6) is 0 Å². The van der Waals surface area contributed by atoms with Gasteiger partial charge in [-0.25, -0.2) is 4.79 Å². The molecule has 1 saturated heterocycles. The van der Waals surface area contributed by atoms with Gasteiger partial charge in [0.2, 0.25) is 5.91 Å². The van der Waals surface area contributed by atoms with Gasteiger partial charge in [-0.2, -0.15) is 0 Å². The highest BCUT2D eigenvalue weighted by Crippen LogP contribution is 2.78. The molecule has 11 heteroatoms. The number of nitrogens with one attached hydrogen (secondary N) is 1. The van der Waals surface area contributed by atoms with E-state index in [4.69, 9.17) is 18.9 Å². The van der Waals surface area contributed by atoms with Crippen LogP contribution in [0.1, 0.15) is 67.2 Å². The summed E-state index contributed by atoms with van der Waals surface area (Å²) in [7, 11) is 5.09. The zero-order valence-electron chi connectivity index (χ0n) is 30.2. The third kappa shape index (κ3) is 4.74. The Morgan fingerprint density at radius 3 is 2.55 bits per heavy atom. The third-order valence-corrected chi connectivity index (χ3v) is 14.1. The summed E-state index contributed by atoms with van der Waals surface area (Å²) in [6.07, 6.45) is 5.59. The van der Waals surface area contributed by atoms with Crippen molar-refractivity contribution in [2.45, 2.75) is 93.5 Å². The van der Waals surface area contributed by atoms with Gasteiger partial charge < -0.3 is 34.5 Å². The predicted octanol–water partition coefficient (Wildman–Crippen LogP) is 4.01. The number of aliphatic hydroxyl groups is 2. The Kier molecular flexibility index (Phi) is 8.52. The van der Waals surface area contributed by atoms with Crippen LogP contribution in [-0.2, 0) is 23.7 Å². The molecule has 8 rings (SSSR count). The van der Waals surface area contributed by atoms with E-state index < -0.39 is 34.3 Å². The minimum atomic E-state index is -1.52. The summed E-state index contributed by atoms with van der Waals surface area (Å²) < 4.78 is 25.4. The number of likely N-dealkylation sites (N-methyl/N-ethyl adjacent to an activating group) is 1. The first-order valence-electron chi connectivity index (χ1n) is 18.5. The Bertz CT molecular complexity index is 1740. The molecule has 1 aromatic heterocycles. The SMILES string of the molecule is CCN1C[C@]2(OC(=O)c3ccccc3NC(=O)/C=C/c3cccc(C)n3)CC[C@H](OC)[C@]34C1[C@@H](C[C@H]23)[C@@]1(O)C[C@H](OC)C[C@H]2C[C@@H]4[C@]1(O)[C@H]2OC. The van der Waals surface area contributed by atoms with Gasteiger partial charge >= 0.3 is 5.97 Å². The second kappa shape index (κ2) is 12.5. The van der Waals surface area contributed by atoms with Gasteiger partial charge in [-0.3, -0.25) is 14.7 Å². The van der Waals surface area contributed by atoms with Crippen molar-refractivity contribution < 1.29 is 38.7 Å². The van der Waals surface area contributed by atoms with Gasteiger partial charge in [-0.05, 0) is 81.8 Å². The number of piperidine rings is 1. The Morgan fingerprint density at radius 2 is 1.82 bits per heavy atom. The molecule has 1 aromatic carbocycles. The molecule has 274 valence electrons. The van der Waals surface area contributed by atoms with E-state index in [1.807, 2.05) is 25.1 Å². The summed E-state index contributed by atoms with van der Waals surface area (Å²) in [6.45, 7) is 5.21. The van der Waals surface area contributed by atoms with Crippen molar-refractivity contribution in [3.63, 3.8) is 0 Å². The summed E-state index contributed by atoms with van der Waals surface area (Å²) in [5.74, 6) is -1.72. The molecule has 3 N–H and O–H groups in total. The van der Waals surface area contributed by atoms with Gasteiger partial charge in [0.1, 0.15) is 16.8 Å². The number of hydrogen-bond donors (Lipinski definition) is 3. The maximum absolute atomic E-state index is 14.5. The van der Waals surface area contributed by atoms with Crippen LogP contribution in [0, 0.1) is 36.0 Å². The number of benzene rings is 1. The topological polar surface area (TPSA) is 140 Å². The molecular weight excluding hydrogens is 650 g/mol. The monoisotopic (exact) mass is 701 g/mol. The molecule has 2 aromatic rings. The first kappa shape index (κ1) is 34.9. The first-order chi connectivity index (χ1) is 24.5.